The normalized spacial score (nSPS) is 11.6. The van der Waals surface area contributed by atoms with Crippen LogP contribution in [0.1, 0.15) is 44.4 Å². The van der Waals surface area contributed by atoms with Gasteiger partial charge in [0.15, 0.2) is 0 Å². The molecule has 6 nitrogen and oxygen atoms in total. The molecule has 2 N–H and O–H groups in total. The number of aryl methyl sites for hydroxylation is 1. The summed E-state index contributed by atoms with van der Waals surface area (Å²) < 4.78 is 33.4. The highest BCUT2D eigenvalue weighted by Gasteiger charge is 2.16. The summed E-state index contributed by atoms with van der Waals surface area (Å²) in [5.41, 5.74) is 2.11. The molecular formula is C20H29N3O3S. The van der Waals surface area contributed by atoms with Crippen LogP contribution in [-0.4, -0.2) is 33.1 Å². The number of benzene rings is 1. The van der Waals surface area contributed by atoms with Crippen LogP contribution in [0.4, 0.5) is 5.69 Å². The fourth-order valence-corrected chi connectivity index (χ4v) is 3.61. The molecule has 27 heavy (non-hydrogen) atoms. The Labute approximate surface area is 162 Å². The zero-order valence-electron chi connectivity index (χ0n) is 16.5. The number of anilines is 1. The number of pyridine rings is 1. The van der Waals surface area contributed by atoms with Crippen molar-refractivity contribution in [2.45, 2.75) is 44.9 Å². The van der Waals surface area contributed by atoms with Crippen molar-refractivity contribution in [3.63, 3.8) is 0 Å². The Morgan fingerprint density at radius 1 is 1.07 bits per heavy atom. The van der Waals surface area contributed by atoms with Crippen molar-refractivity contribution in [1.29, 1.82) is 0 Å². The second kappa shape index (κ2) is 9.71. The minimum Gasteiger partial charge on any atom is -0.476 e. The van der Waals surface area contributed by atoms with Crippen molar-refractivity contribution in [3.8, 4) is 5.88 Å². The zero-order chi connectivity index (χ0) is 19.9. The maximum Gasteiger partial charge on any atom is 0.261 e. The maximum atomic E-state index is 12.6. The number of ether oxygens (including phenoxy) is 1. The van der Waals surface area contributed by atoms with Crippen LogP contribution in [0.15, 0.2) is 41.3 Å². The van der Waals surface area contributed by atoms with Gasteiger partial charge >= 0.3 is 0 Å². The van der Waals surface area contributed by atoms with Crippen LogP contribution in [0.2, 0.25) is 0 Å². The van der Waals surface area contributed by atoms with Crippen LogP contribution in [0.5, 0.6) is 5.88 Å². The summed E-state index contributed by atoms with van der Waals surface area (Å²) in [5.74, 6) is 0.834. The molecule has 0 aliphatic carbocycles. The predicted octanol–water partition coefficient (Wildman–Crippen LogP) is 3.69. The third-order valence-electron chi connectivity index (χ3n) is 4.12. The minimum absolute atomic E-state index is 0.230. The van der Waals surface area contributed by atoms with Crippen molar-refractivity contribution in [2.24, 2.45) is 0 Å². The second-order valence-electron chi connectivity index (χ2n) is 6.71. The number of nitrogens with one attached hydrogen (secondary N) is 2. The highest BCUT2D eigenvalue weighted by molar-refractivity contribution is 7.92. The number of nitrogens with zero attached hydrogens (tertiary/aromatic N) is 1. The van der Waals surface area contributed by atoms with Gasteiger partial charge in [-0.15, -0.1) is 0 Å². The maximum absolute atomic E-state index is 12.6. The first-order valence-electron chi connectivity index (χ1n) is 9.27. The molecule has 0 spiro atoms. The molecular weight excluding hydrogens is 362 g/mol. The number of rotatable bonds is 10. The first-order chi connectivity index (χ1) is 12.8. The minimum atomic E-state index is -3.66. The summed E-state index contributed by atoms with van der Waals surface area (Å²) in [4.78, 5) is 4.56. The van der Waals surface area contributed by atoms with E-state index in [2.05, 4.69) is 35.8 Å². The average molecular weight is 392 g/mol. The fourth-order valence-electron chi connectivity index (χ4n) is 2.49. The lowest BCUT2D eigenvalue weighted by atomic mass is 10.0. The standard InChI is InChI=1S/C20H29N3O3S/c1-5-12-21-13-14-26-20-11-10-19(16(4)22-20)23-27(24,25)18-8-6-17(7-9-18)15(2)3/h6-11,15,21,23H,5,12-14H2,1-4H3. The molecule has 0 saturated heterocycles. The third-order valence-corrected chi connectivity index (χ3v) is 5.50. The topological polar surface area (TPSA) is 80.3 Å². The predicted molar refractivity (Wildman–Crippen MR) is 109 cm³/mol. The SMILES string of the molecule is CCCNCCOc1ccc(NS(=O)(=O)c2ccc(C(C)C)cc2)c(C)n1. The largest absolute Gasteiger partial charge is 0.476 e. The molecule has 2 rings (SSSR count). The van der Waals surface area contributed by atoms with Gasteiger partial charge < -0.3 is 10.1 Å². The molecule has 1 aromatic heterocycles. The van der Waals surface area contributed by atoms with Crippen molar-refractivity contribution < 1.29 is 13.2 Å². The molecule has 0 radical (unpaired) electrons. The van der Waals surface area contributed by atoms with Crippen LogP contribution in [-0.2, 0) is 10.0 Å². The second-order valence-corrected chi connectivity index (χ2v) is 8.39. The third kappa shape index (κ3) is 6.22. The van der Waals surface area contributed by atoms with Gasteiger partial charge in [0, 0.05) is 12.6 Å². The lowest BCUT2D eigenvalue weighted by Crippen LogP contribution is -2.21. The molecule has 7 heteroatoms. The Kier molecular flexibility index (Phi) is 7.62. The Bertz CT molecular complexity index is 834. The molecule has 0 amide bonds. The quantitative estimate of drug-likeness (QED) is 0.604. The smallest absolute Gasteiger partial charge is 0.261 e. The van der Waals surface area contributed by atoms with Crippen molar-refractivity contribution in [1.82, 2.24) is 10.3 Å². The van der Waals surface area contributed by atoms with E-state index in [1.54, 1.807) is 31.2 Å². The highest BCUT2D eigenvalue weighted by Crippen LogP contribution is 2.22. The van der Waals surface area contributed by atoms with Gasteiger partial charge in [-0.2, -0.15) is 0 Å². The molecule has 0 saturated carbocycles. The Hall–Kier alpha value is -2.12. The van der Waals surface area contributed by atoms with Gasteiger partial charge in [-0.1, -0.05) is 32.9 Å². The van der Waals surface area contributed by atoms with Gasteiger partial charge in [0.1, 0.15) is 6.61 Å². The Morgan fingerprint density at radius 2 is 1.78 bits per heavy atom. The van der Waals surface area contributed by atoms with Crippen LogP contribution in [0.25, 0.3) is 0 Å². The van der Waals surface area contributed by atoms with Crippen LogP contribution in [0, 0.1) is 6.92 Å². The van der Waals surface area contributed by atoms with E-state index in [1.807, 2.05) is 12.1 Å². The lowest BCUT2D eigenvalue weighted by molar-refractivity contribution is 0.302. The molecule has 0 aliphatic rings. The van der Waals surface area contributed by atoms with E-state index in [9.17, 15) is 8.42 Å². The monoisotopic (exact) mass is 391 g/mol. The van der Waals surface area contributed by atoms with Gasteiger partial charge in [0.05, 0.1) is 16.3 Å². The van der Waals surface area contributed by atoms with E-state index in [1.165, 1.54) is 0 Å². The van der Waals surface area contributed by atoms with Gasteiger partial charge in [0.2, 0.25) is 5.88 Å². The van der Waals surface area contributed by atoms with Crippen LogP contribution in [0.3, 0.4) is 0 Å². The lowest BCUT2D eigenvalue weighted by Gasteiger charge is -2.13. The average Bonchev–Trinajstić information content (AvgIpc) is 2.63. The van der Waals surface area contributed by atoms with E-state index >= 15 is 0 Å². The van der Waals surface area contributed by atoms with Gasteiger partial charge in [0.25, 0.3) is 10.0 Å². The number of aromatic nitrogens is 1. The number of hydrogen-bond donors (Lipinski definition) is 2. The number of sulfonamides is 1. The summed E-state index contributed by atoms with van der Waals surface area (Å²) >= 11 is 0. The highest BCUT2D eigenvalue weighted by atomic mass is 32.2. The van der Waals surface area contributed by atoms with Crippen molar-refractivity contribution >= 4 is 15.7 Å². The summed E-state index contributed by atoms with van der Waals surface area (Å²) in [5, 5.41) is 3.25. The molecule has 2 aromatic rings. The first kappa shape index (κ1) is 21.2. The molecule has 0 atom stereocenters. The van der Waals surface area contributed by atoms with E-state index in [4.69, 9.17) is 4.74 Å². The van der Waals surface area contributed by atoms with Crippen LogP contribution >= 0.6 is 0 Å². The Morgan fingerprint density at radius 3 is 2.37 bits per heavy atom. The van der Waals surface area contributed by atoms with E-state index in [0.29, 0.717) is 29.8 Å². The molecule has 148 valence electrons. The summed E-state index contributed by atoms with van der Waals surface area (Å²) in [6.07, 6.45) is 1.08. The molecule has 1 aromatic carbocycles. The van der Waals surface area contributed by atoms with E-state index < -0.39 is 10.0 Å². The number of hydrogen-bond acceptors (Lipinski definition) is 5. The van der Waals surface area contributed by atoms with Crippen LogP contribution < -0.4 is 14.8 Å². The first-order valence-corrected chi connectivity index (χ1v) is 10.8. The van der Waals surface area contributed by atoms with Crippen molar-refractivity contribution in [3.05, 3.63) is 47.7 Å². The Balaban J connectivity index is 2.03. The summed E-state index contributed by atoms with van der Waals surface area (Å²) in [6, 6.07) is 10.3. The molecule has 1 heterocycles. The summed E-state index contributed by atoms with van der Waals surface area (Å²) in [6.45, 7) is 10.2. The molecule has 0 fully saturated rings. The van der Waals surface area contributed by atoms with Gasteiger partial charge in [-0.25, -0.2) is 13.4 Å². The summed E-state index contributed by atoms with van der Waals surface area (Å²) in [7, 11) is -3.66. The van der Waals surface area contributed by atoms with Gasteiger partial charge in [-0.05, 0) is 49.6 Å². The van der Waals surface area contributed by atoms with E-state index in [0.717, 1.165) is 25.1 Å². The zero-order valence-corrected chi connectivity index (χ0v) is 17.3. The van der Waals surface area contributed by atoms with E-state index in [-0.39, 0.29) is 4.90 Å². The molecule has 0 aliphatic heterocycles. The molecule has 0 unspecified atom stereocenters. The fraction of sp³-hybridized carbons (Fsp3) is 0.450. The van der Waals surface area contributed by atoms with Crippen molar-refractivity contribution in [2.75, 3.05) is 24.4 Å². The van der Waals surface area contributed by atoms with Gasteiger partial charge in [-0.3, -0.25) is 4.72 Å². The molecule has 0 bridgehead atoms.